The smallest absolute Gasteiger partial charge is 0.404 e. The number of halogens is 4. The van der Waals surface area contributed by atoms with E-state index in [0.29, 0.717) is 11.6 Å². The zero-order valence-electron chi connectivity index (χ0n) is 13.1. The Morgan fingerprint density at radius 3 is 2.67 bits per heavy atom. The van der Waals surface area contributed by atoms with Crippen molar-refractivity contribution in [2.45, 2.75) is 45.0 Å². The van der Waals surface area contributed by atoms with Crippen LogP contribution in [0.3, 0.4) is 0 Å². The van der Waals surface area contributed by atoms with Gasteiger partial charge in [-0.1, -0.05) is 31.4 Å². The van der Waals surface area contributed by atoms with E-state index < -0.39 is 18.0 Å². The molecule has 0 aliphatic heterocycles. The van der Waals surface area contributed by atoms with E-state index in [9.17, 15) is 18.0 Å². The molecule has 1 saturated carbocycles. The summed E-state index contributed by atoms with van der Waals surface area (Å²) in [5.74, 6) is 1.48. The Hall–Kier alpha value is -1.87. The molecule has 0 N–H and O–H groups in total. The van der Waals surface area contributed by atoms with Crippen LogP contribution in [0.2, 0.25) is 5.02 Å². The number of benzene rings is 1. The molecule has 1 aliphatic carbocycles. The minimum absolute atomic E-state index is 0.0947. The molecule has 2 atom stereocenters. The van der Waals surface area contributed by atoms with Gasteiger partial charge < -0.3 is 4.74 Å². The maximum Gasteiger partial charge on any atom is 0.573 e. The third-order valence-corrected chi connectivity index (χ3v) is 4.33. The monoisotopic (exact) mass is 359 g/mol. The van der Waals surface area contributed by atoms with Crippen molar-refractivity contribution in [2.24, 2.45) is 5.92 Å². The average Bonchev–Trinajstić information content (AvgIpc) is 2.49. The number of ether oxygens (including phenoxy) is 1. The number of alkyl halides is 3. The summed E-state index contributed by atoms with van der Waals surface area (Å²) in [7, 11) is 0. The molecule has 2 rings (SSSR count). The van der Waals surface area contributed by atoms with Gasteiger partial charge in [0, 0.05) is 11.7 Å². The van der Waals surface area contributed by atoms with E-state index in [-0.39, 0.29) is 11.1 Å². The van der Waals surface area contributed by atoms with Crippen molar-refractivity contribution in [3.8, 4) is 18.1 Å². The maximum atomic E-state index is 12.3. The standard InChI is InChI=1S/C17H17ClF3NO2/c1-3-16(23)22(12-6-4-5-11(2)9-12)13-7-8-15(14(18)10-13)24-17(19,20)21/h1,7-8,10-12H,4-6,9H2,2H3. The highest BCUT2D eigenvalue weighted by Crippen LogP contribution is 2.36. The van der Waals surface area contributed by atoms with E-state index >= 15 is 0 Å². The van der Waals surface area contributed by atoms with E-state index in [0.717, 1.165) is 31.7 Å². The molecule has 7 heteroatoms. The second kappa shape index (κ2) is 7.35. The number of hydrogen-bond donors (Lipinski definition) is 0. The number of rotatable bonds is 3. The van der Waals surface area contributed by atoms with E-state index in [1.165, 1.54) is 17.0 Å². The third kappa shape index (κ3) is 4.57. The predicted octanol–water partition coefficient (Wildman–Crippen LogP) is 4.78. The summed E-state index contributed by atoms with van der Waals surface area (Å²) in [6, 6.07) is 3.63. The molecule has 3 nitrogen and oxygen atoms in total. The average molecular weight is 360 g/mol. The van der Waals surface area contributed by atoms with Crippen LogP contribution in [0.15, 0.2) is 18.2 Å². The van der Waals surface area contributed by atoms with Crippen LogP contribution in [0.4, 0.5) is 18.9 Å². The lowest BCUT2D eigenvalue weighted by Gasteiger charge is -2.35. The largest absolute Gasteiger partial charge is 0.573 e. The Kier molecular flexibility index (Phi) is 5.66. The summed E-state index contributed by atoms with van der Waals surface area (Å²) in [5, 5.41) is -0.233. The van der Waals surface area contributed by atoms with Gasteiger partial charge in [0.1, 0.15) is 5.75 Å². The van der Waals surface area contributed by atoms with Crippen molar-refractivity contribution in [3.05, 3.63) is 23.2 Å². The normalized spacial score (nSPS) is 21.0. The molecule has 1 amide bonds. The molecule has 0 radical (unpaired) electrons. The summed E-state index contributed by atoms with van der Waals surface area (Å²) in [6.07, 6.45) is 4.03. The Morgan fingerprint density at radius 2 is 2.12 bits per heavy atom. The third-order valence-electron chi connectivity index (χ3n) is 4.04. The first-order chi connectivity index (χ1) is 11.2. The topological polar surface area (TPSA) is 29.5 Å². The first kappa shape index (κ1) is 18.5. The molecule has 0 heterocycles. The summed E-state index contributed by atoms with van der Waals surface area (Å²) in [6.45, 7) is 2.10. The molecular formula is C17H17ClF3NO2. The molecule has 1 aromatic rings. The van der Waals surface area contributed by atoms with Crippen LogP contribution < -0.4 is 9.64 Å². The summed E-state index contributed by atoms with van der Waals surface area (Å²) in [4.78, 5) is 13.6. The zero-order valence-corrected chi connectivity index (χ0v) is 13.8. The van der Waals surface area contributed by atoms with Crippen LogP contribution in [-0.2, 0) is 4.79 Å². The SMILES string of the molecule is C#CC(=O)N(c1ccc(OC(F)(F)F)c(Cl)c1)C1CCCC(C)C1. The van der Waals surface area contributed by atoms with Gasteiger partial charge in [0.15, 0.2) is 0 Å². The second-order valence-corrected chi connectivity index (χ2v) is 6.31. The lowest BCUT2D eigenvalue weighted by atomic mass is 9.86. The van der Waals surface area contributed by atoms with Gasteiger partial charge in [0.25, 0.3) is 0 Å². The molecule has 0 saturated heterocycles. The van der Waals surface area contributed by atoms with Crippen LogP contribution >= 0.6 is 11.6 Å². The lowest BCUT2D eigenvalue weighted by Crippen LogP contribution is -2.42. The fourth-order valence-electron chi connectivity index (χ4n) is 3.05. The number of amides is 1. The van der Waals surface area contributed by atoms with Crippen molar-refractivity contribution >= 4 is 23.2 Å². The summed E-state index contributed by atoms with van der Waals surface area (Å²) in [5.41, 5.74) is 0.372. The van der Waals surface area contributed by atoms with Crippen molar-refractivity contribution in [2.75, 3.05) is 4.90 Å². The number of anilines is 1. The van der Waals surface area contributed by atoms with E-state index in [2.05, 4.69) is 17.6 Å². The van der Waals surface area contributed by atoms with Gasteiger partial charge in [-0.25, -0.2) is 0 Å². The fourth-order valence-corrected chi connectivity index (χ4v) is 3.26. The van der Waals surface area contributed by atoms with Crippen LogP contribution in [0.5, 0.6) is 5.75 Å². The number of carbonyl (C=O) groups excluding carboxylic acids is 1. The highest BCUT2D eigenvalue weighted by molar-refractivity contribution is 6.32. The highest BCUT2D eigenvalue weighted by Gasteiger charge is 2.33. The molecule has 2 unspecified atom stereocenters. The van der Waals surface area contributed by atoms with Gasteiger partial charge >= 0.3 is 12.3 Å². The van der Waals surface area contributed by atoms with Crippen LogP contribution in [0, 0.1) is 18.3 Å². The maximum absolute atomic E-state index is 12.3. The molecule has 1 aromatic carbocycles. The van der Waals surface area contributed by atoms with Gasteiger partial charge in [-0.3, -0.25) is 9.69 Å². The van der Waals surface area contributed by atoms with Gasteiger partial charge in [-0.05, 0) is 42.9 Å². The molecule has 130 valence electrons. The van der Waals surface area contributed by atoms with Crippen molar-refractivity contribution in [1.82, 2.24) is 0 Å². The number of nitrogens with zero attached hydrogens (tertiary/aromatic N) is 1. The molecule has 24 heavy (non-hydrogen) atoms. The van der Waals surface area contributed by atoms with Gasteiger partial charge in [0.05, 0.1) is 5.02 Å². The van der Waals surface area contributed by atoms with Gasteiger partial charge in [-0.15, -0.1) is 19.6 Å². The first-order valence-corrected chi connectivity index (χ1v) is 7.94. The minimum Gasteiger partial charge on any atom is -0.404 e. The Labute approximate surface area is 143 Å². The molecule has 1 aliphatic rings. The Morgan fingerprint density at radius 1 is 1.42 bits per heavy atom. The Bertz CT molecular complexity index is 654. The van der Waals surface area contributed by atoms with Crippen LogP contribution in [0.25, 0.3) is 0 Å². The summed E-state index contributed by atoms with van der Waals surface area (Å²) >= 11 is 5.88. The number of hydrogen-bond acceptors (Lipinski definition) is 2. The molecular weight excluding hydrogens is 343 g/mol. The van der Waals surface area contributed by atoms with Crippen molar-refractivity contribution < 1.29 is 22.7 Å². The van der Waals surface area contributed by atoms with E-state index in [1.807, 2.05) is 0 Å². The quantitative estimate of drug-likeness (QED) is 0.727. The molecule has 0 aromatic heterocycles. The summed E-state index contributed by atoms with van der Waals surface area (Å²) < 4.78 is 40.8. The van der Waals surface area contributed by atoms with E-state index in [4.69, 9.17) is 18.0 Å². The molecule has 0 bridgehead atoms. The molecule has 1 fully saturated rings. The van der Waals surface area contributed by atoms with Crippen molar-refractivity contribution in [3.63, 3.8) is 0 Å². The number of terminal acetylenes is 1. The van der Waals surface area contributed by atoms with Crippen molar-refractivity contribution in [1.29, 1.82) is 0 Å². The minimum atomic E-state index is -4.84. The number of carbonyl (C=O) groups is 1. The highest BCUT2D eigenvalue weighted by atomic mass is 35.5. The fraction of sp³-hybridized carbons (Fsp3) is 0.471. The van der Waals surface area contributed by atoms with Gasteiger partial charge in [-0.2, -0.15) is 0 Å². The Balaban J connectivity index is 2.32. The van der Waals surface area contributed by atoms with Crippen LogP contribution in [-0.4, -0.2) is 18.3 Å². The second-order valence-electron chi connectivity index (χ2n) is 5.91. The predicted molar refractivity (Wildman–Crippen MR) is 85.9 cm³/mol. The first-order valence-electron chi connectivity index (χ1n) is 7.56. The van der Waals surface area contributed by atoms with E-state index in [1.54, 1.807) is 0 Å². The molecule has 0 spiro atoms. The zero-order chi connectivity index (χ0) is 17.9. The van der Waals surface area contributed by atoms with Crippen LogP contribution in [0.1, 0.15) is 32.6 Å². The lowest BCUT2D eigenvalue weighted by molar-refractivity contribution is -0.274. The van der Waals surface area contributed by atoms with Gasteiger partial charge in [0.2, 0.25) is 0 Å².